The second-order valence-electron chi connectivity index (χ2n) is 2.10. The summed E-state index contributed by atoms with van der Waals surface area (Å²) >= 11 is 0. The van der Waals surface area contributed by atoms with Crippen LogP contribution in [-0.4, -0.2) is 21.6 Å². The van der Waals surface area contributed by atoms with E-state index >= 15 is 0 Å². The van der Waals surface area contributed by atoms with Gasteiger partial charge in [0.1, 0.15) is 0 Å². The predicted molar refractivity (Wildman–Crippen MR) is 41.8 cm³/mol. The lowest BCUT2D eigenvalue weighted by Gasteiger charge is -1.92. The summed E-state index contributed by atoms with van der Waals surface area (Å²) in [7, 11) is 0. The van der Waals surface area contributed by atoms with Gasteiger partial charge in [0.2, 0.25) is 0 Å². The van der Waals surface area contributed by atoms with E-state index in [0.717, 1.165) is 12.2 Å². The van der Waals surface area contributed by atoms with Crippen LogP contribution in [0.15, 0.2) is 36.7 Å². The Balaban J connectivity index is 2.68. The number of carbonyl (C=O) groups is 2. The number of carboxylic acid groups (broad SMARTS) is 1. The van der Waals surface area contributed by atoms with Crippen LogP contribution in [0.25, 0.3) is 0 Å². The number of allylic oxidation sites excluding steroid dienone is 1. The summed E-state index contributed by atoms with van der Waals surface area (Å²) in [5.41, 5.74) is 0. The first kappa shape index (κ1) is 8.26. The molecular weight excluding hydrogens is 158 g/mol. The molecule has 12 heavy (non-hydrogen) atoms. The minimum absolute atomic E-state index is 0.373. The Labute approximate surface area is 68.7 Å². The second-order valence-corrected chi connectivity index (χ2v) is 2.10. The fraction of sp³-hybridized carbons (Fsp3) is 0. The van der Waals surface area contributed by atoms with Crippen LogP contribution in [0, 0.1) is 0 Å². The Morgan fingerprint density at radius 3 is 2.25 bits per heavy atom. The van der Waals surface area contributed by atoms with Gasteiger partial charge in [-0.1, -0.05) is 0 Å². The van der Waals surface area contributed by atoms with Crippen molar-refractivity contribution in [3.8, 4) is 0 Å². The molecule has 0 aliphatic carbocycles. The van der Waals surface area contributed by atoms with Crippen LogP contribution in [0.4, 0.5) is 0 Å². The van der Waals surface area contributed by atoms with Crippen molar-refractivity contribution in [3.63, 3.8) is 0 Å². The zero-order chi connectivity index (χ0) is 8.97. The van der Waals surface area contributed by atoms with E-state index in [2.05, 4.69) is 0 Å². The molecule has 0 aliphatic rings. The highest BCUT2D eigenvalue weighted by molar-refractivity contribution is 5.95. The molecule has 1 aromatic rings. The van der Waals surface area contributed by atoms with Gasteiger partial charge in [-0.05, 0) is 12.1 Å². The summed E-state index contributed by atoms with van der Waals surface area (Å²) in [6.07, 6.45) is 4.91. The lowest BCUT2D eigenvalue weighted by Crippen LogP contribution is -2.04. The van der Waals surface area contributed by atoms with Crippen molar-refractivity contribution in [2.24, 2.45) is 0 Å². The van der Waals surface area contributed by atoms with E-state index in [0.29, 0.717) is 0 Å². The third-order valence-corrected chi connectivity index (χ3v) is 1.23. The molecule has 1 heterocycles. The van der Waals surface area contributed by atoms with Crippen molar-refractivity contribution < 1.29 is 14.7 Å². The highest BCUT2D eigenvalue weighted by atomic mass is 16.4. The number of hydrogen-bond donors (Lipinski definition) is 1. The average molecular weight is 165 g/mol. The standard InChI is InChI=1S/C8H7NO3/c10-7(3-4-8(11)12)9-5-1-2-6-9/h1-6H,(H,11,12)/b4-3-. The molecule has 0 bridgehead atoms. The first-order valence-corrected chi connectivity index (χ1v) is 3.28. The third-order valence-electron chi connectivity index (χ3n) is 1.23. The van der Waals surface area contributed by atoms with Gasteiger partial charge in [0, 0.05) is 24.5 Å². The summed E-state index contributed by atoms with van der Waals surface area (Å²) in [6, 6.07) is 3.37. The van der Waals surface area contributed by atoms with Gasteiger partial charge >= 0.3 is 5.97 Å². The molecule has 0 aliphatic heterocycles. The van der Waals surface area contributed by atoms with Crippen molar-refractivity contribution in [3.05, 3.63) is 36.7 Å². The lowest BCUT2D eigenvalue weighted by atomic mass is 10.4. The molecule has 1 N–H and O–H groups in total. The zero-order valence-electron chi connectivity index (χ0n) is 6.18. The summed E-state index contributed by atoms with van der Waals surface area (Å²) < 4.78 is 1.29. The third kappa shape index (κ3) is 2.09. The van der Waals surface area contributed by atoms with Gasteiger partial charge in [0.25, 0.3) is 5.91 Å². The van der Waals surface area contributed by atoms with Gasteiger partial charge in [-0.25, -0.2) is 4.79 Å². The van der Waals surface area contributed by atoms with E-state index in [1.165, 1.54) is 4.57 Å². The SMILES string of the molecule is O=C(O)/C=C\C(=O)n1cccc1. The largest absolute Gasteiger partial charge is 0.478 e. The number of hydrogen-bond acceptors (Lipinski definition) is 2. The van der Waals surface area contributed by atoms with Crippen LogP contribution in [0.3, 0.4) is 0 Å². The first-order chi connectivity index (χ1) is 5.70. The van der Waals surface area contributed by atoms with E-state index in [1.807, 2.05) is 0 Å². The van der Waals surface area contributed by atoms with Crippen LogP contribution >= 0.6 is 0 Å². The summed E-state index contributed by atoms with van der Waals surface area (Å²) in [4.78, 5) is 21.0. The molecule has 0 atom stereocenters. The molecule has 0 amide bonds. The predicted octanol–water partition coefficient (Wildman–Crippen LogP) is 0.769. The maximum Gasteiger partial charge on any atom is 0.328 e. The van der Waals surface area contributed by atoms with E-state index in [-0.39, 0.29) is 5.91 Å². The molecule has 4 nitrogen and oxygen atoms in total. The highest BCUT2D eigenvalue weighted by Crippen LogP contribution is 1.90. The Morgan fingerprint density at radius 2 is 1.75 bits per heavy atom. The monoisotopic (exact) mass is 165 g/mol. The lowest BCUT2D eigenvalue weighted by molar-refractivity contribution is -0.131. The minimum atomic E-state index is -1.13. The molecule has 1 aromatic heterocycles. The number of aliphatic carboxylic acids is 1. The van der Waals surface area contributed by atoms with E-state index < -0.39 is 5.97 Å². The molecule has 62 valence electrons. The smallest absolute Gasteiger partial charge is 0.328 e. The summed E-state index contributed by atoms with van der Waals surface area (Å²) in [6.45, 7) is 0. The molecule has 1 rings (SSSR count). The van der Waals surface area contributed by atoms with Gasteiger partial charge in [-0.15, -0.1) is 0 Å². The molecule has 0 spiro atoms. The topological polar surface area (TPSA) is 59.3 Å². The Kier molecular flexibility index (Phi) is 2.42. The van der Waals surface area contributed by atoms with Crippen molar-refractivity contribution in [1.82, 2.24) is 4.57 Å². The van der Waals surface area contributed by atoms with Gasteiger partial charge in [0.15, 0.2) is 0 Å². The fourth-order valence-corrected chi connectivity index (χ4v) is 0.710. The molecule has 0 fully saturated rings. The van der Waals surface area contributed by atoms with Crippen LogP contribution in [-0.2, 0) is 4.79 Å². The number of nitrogens with zero attached hydrogens (tertiary/aromatic N) is 1. The summed E-state index contributed by atoms with van der Waals surface area (Å²) in [5.74, 6) is -1.50. The van der Waals surface area contributed by atoms with Crippen LogP contribution in [0.5, 0.6) is 0 Å². The van der Waals surface area contributed by atoms with Gasteiger partial charge in [-0.2, -0.15) is 0 Å². The molecule has 0 saturated carbocycles. The van der Waals surface area contributed by atoms with Gasteiger partial charge in [-0.3, -0.25) is 9.36 Å². The molecule has 0 saturated heterocycles. The Bertz CT molecular complexity index is 311. The zero-order valence-corrected chi connectivity index (χ0v) is 6.18. The number of carbonyl (C=O) groups excluding carboxylic acids is 1. The maximum atomic E-state index is 11.0. The molecule has 4 heteroatoms. The van der Waals surface area contributed by atoms with Crippen molar-refractivity contribution in [1.29, 1.82) is 0 Å². The van der Waals surface area contributed by atoms with Crippen LogP contribution < -0.4 is 0 Å². The van der Waals surface area contributed by atoms with E-state index in [4.69, 9.17) is 5.11 Å². The maximum absolute atomic E-state index is 11.0. The molecule has 0 radical (unpaired) electrons. The molecule has 0 aromatic carbocycles. The van der Waals surface area contributed by atoms with Crippen molar-refractivity contribution in [2.75, 3.05) is 0 Å². The number of carboxylic acids is 1. The Morgan fingerprint density at radius 1 is 1.17 bits per heavy atom. The van der Waals surface area contributed by atoms with Gasteiger partial charge < -0.3 is 5.11 Å². The second kappa shape index (κ2) is 3.52. The number of rotatable bonds is 2. The van der Waals surface area contributed by atoms with Crippen molar-refractivity contribution >= 4 is 11.9 Å². The van der Waals surface area contributed by atoms with Crippen molar-refractivity contribution in [2.45, 2.75) is 0 Å². The normalized spacial score (nSPS) is 10.3. The Hall–Kier alpha value is -1.84. The first-order valence-electron chi connectivity index (χ1n) is 3.28. The van der Waals surface area contributed by atoms with E-state index in [9.17, 15) is 9.59 Å². The van der Waals surface area contributed by atoms with Crippen LogP contribution in [0.1, 0.15) is 4.79 Å². The van der Waals surface area contributed by atoms with Gasteiger partial charge in [0.05, 0.1) is 0 Å². The average Bonchev–Trinajstić information content (AvgIpc) is 2.51. The fourth-order valence-electron chi connectivity index (χ4n) is 0.710. The molecule has 0 unspecified atom stereocenters. The number of aromatic nitrogens is 1. The quantitative estimate of drug-likeness (QED) is 0.658. The van der Waals surface area contributed by atoms with E-state index in [1.54, 1.807) is 24.5 Å². The van der Waals surface area contributed by atoms with Crippen LogP contribution in [0.2, 0.25) is 0 Å². The molecular formula is C8H7NO3. The summed E-state index contributed by atoms with van der Waals surface area (Å²) in [5, 5.41) is 8.21. The highest BCUT2D eigenvalue weighted by Gasteiger charge is 1.97. The minimum Gasteiger partial charge on any atom is -0.478 e.